The molecule has 32 heavy (non-hydrogen) atoms. The average Bonchev–Trinajstić information content (AvgIpc) is 2.76. The van der Waals surface area contributed by atoms with Crippen molar-refractivity contribution in [1.82, 2.24) is 0 Å². The van der Waals surface area contributed by atoms with Gasteiger partial charge in [-0.3, -0.25) is 9.59 Å². The fraction of sp³-hybridized carbons (Fsp3) is 0. The van der Waals surface area contributed by atoms with E-state index < -0.39 is 59.8 Å². The molecule has 3 aromatic carbocycles. The third-order valence-corrected chi connectivity index (χ3v) is 4.99. The molecule has 12 heteroatoms. The molecule has 156 valence electrons. The Hall–Kier alpha value is -3.95. The smallest absolute Gasteiger partial charge is 0.503 e. The van der Waals surface area contributed by atoms with Gasteiger partial charge in [-0.15, -0.1) is 0 Å². The van der Waals surface area contributed by atoms with Gasteiger partial charge in [0.25, 0.3) is 0 Å². The first-order chi connectivity index (χ1) is 15.4. The third kappa shape index (κ3) is 2.98. The Morgan fingerprint density at radius 3 is 1.38 bits per heavy atom. The van der Waals surface area contributed by atoms with Crippen molar-refractivity contribution in [1.29, 1.82) is 0 Å². The first kappa shape index (κ1) is 20.0. The summed E-state index contributed by atoms with van der Waals surface area (Å²) in [6, 6.07) is 11.9. The molecule has 0 atom stereocenters. The molecule has 5 rings (SSSR count). The second-order valence-electron chi connectivity index (χ2n) is 6.78. The SMILES string of the molecule is O=C1c2ccccc2N=c2c(OB(F)F)c3c(c(OB(F)F)c21)=Nc1ccccc1C3=O. The quantitative estimate of drug-likeness (QED) is 0.319. The molecule has 0 fully saturated rings. The topological polar surface area (TPSA) is 77.3 Å². The summed E-state index contributed by atoms with van der Waals surface area (Å²) in [5.74, 6) is -3.05. The fourth-order valence-electron chi connectivity index (χ4n) is 3.76. The molecule has 3 aromatic rings. The molecule has 0 aliphatic carbocycles. The van der Waals surface area contributed by atoms with Crippen molar-refractivity contribution in [3.63, 3.8) is 0 Å². The minimum Gasteiger partial charge on any atom is -0.503 e. The Balaban J connectivity index is 1.99. The van der Waals surface area contributed by atoms with E-state index in [0.29, 0.717) is 0 Å². The number of benzene rings is 3. The lowest BCUT2D eigenvalue weighted by molar-refractivity contribution is 0.101. The van der Waals surface area contributed by atoms with Gasteiger partial charge in [0.05, 0.1) is 22.5 Å². The minimum absolute atomic E-state index is 0.0459. The summed E-state index contributed by atoms with van der Waals surface area (Å²) in [6.07, 6.45) is 0. The van der Waals surface area contributed by atoms with Gasteiger partial charge in [-0.1, -0.05) is 24.3 Å². The maximum absolute atomic E-state index is 13.3. The summed E-state index contributed by atoms with van der Waals surface area (Å²) in [4.78, 5) is 34.8. The molecule has 0 unspecified atom stereocenters. The zero-order valence-corrected chi connectivity index (χ0v) is 15.8. The van der Waals surface area contributed by atoms with Crippen LogP contribution in [0.2, 0.25) is 0 Å². The number of hydrogen-bond acceptors (Lipinski definition) is 6. The maximum atomic E-state index is 13.3. The van der Waals surface area contributed by atoms with Crippen molar-refractivity contribution in [3.8, 4) is 11.5 Å². The number of nitrogens with zero attached hydrogens (tertiary/aromatic N) is 2. The maximum Gasteiger partial charge on any atom is 0.796 e. The van der Waals surface area contributed by atoms with Crippen LogP contribution in [-0.4, -0.2) is 26.5 Å². The second-order valence-corrected chi connectivity index (χ2v) is 6.78. The van der Waals surface area contributed by atoms with E-state index in [4.69, 9.17) is 0 Å². The van der Waals surface area contributed by atoms with Gasteiger partial charge in [-0.25, -0.2) is 27.2 Å². The summed E-state index contributed by atoms with van der Waals surface area (Å²) < 4.78 is 62.6. The number of para-hydroxylation sites is 2. The molecule has 0 saturated carbocycles. The largest absolute Gasteiger partial charge is 0.796 e. The summed E-state index contributed by atoms with van der Waals surface area (Å²) >= 11 is 0. The van der Waals surface area contributed by atoms with Crippen molar-refractivity contribution >= 4 is 37.9 Å². The van der Waals surface area contributed by atoms with E-state index in [9.17, 15) is 26.9 Å². The normalized spacial score (nSPS) is 13.0. The van der Waals surface area contributed by atoms with Crippen LogP contribution in [0.15, 0.2) is 58.5 Å². The molecule has 0 spiro atoms. The summed E-state index contributed by atoms with van der Waals surface area (Å²) in [5.41, 5.74) is -0.766. The van der Waals surface area contributed by atoms with Gasteiger partial charge >= 0.3 is 14.9 Å². The number of hydrogen-bond donors (Lipinski definition) is 0. The monoisotopic (exact) mass is 438 g/mol. The lowest BCUT2D eigenvalue weighted by atomic mass is 9.90. The highest BCUT2D eigenvalue weighted by atomic mass is 19.2. The number of rotatable bonds is 4. The zero-order chi connectivity index (χ0) is 22.6. The van der Waals surface area contributed by atoms with E-state index in [-0.39, 0.29) is 22.5 Å². The highest BCUT2D eigenvalue weighted by Gasteiger charge is 2.38. The van der Waals surface area contributed by atoms with E-state index in [1.54, 1.807) is 12.1 Å². The molecule has 2 aliphatic heterocycles. The van der Waals surface area contributed by atoms with Gasteiger partial charge in [0.2, 0.25) is 11.6 Å². The van der Waals surface area contributed by atoms with Crippen molar-refractivity contribution in [2.24, 2.45) is 9.98 Å². The van der Waals surface area contributed by atoms with E-state index in [1.165, 1.54) is 36.4 Å². The molecule has 0 amide bonds. The van der Waals surface area contributed by atoms with E-state index >= 15 is 0 Å². The Bertz CT molecular complexity index is 1340. The Kier molecular flexibility index (Phi) is 4.58. The Morgan fingerprint density at radius 1 is 0.625 bits per heavy atom. The average molecular weight is 438 g/mol. The Morgan fingerprint density at radius 2 is 1.00 bits per heavy atom. The first-order valence-electron chi connectivity index (χ1n) is 9.21. The summed E-state index contributed by atoms with van der Waals surface area (Å²) in [5, 5.41) is -0.988. The number of fused-ring (bicyclic) bond motifs is 4. The molecule has 6 nitrogen and oxygen atoms in total. The van der Waals surface area contributed by atoms with Crippen molar-refractivity contribution < 1.29 is 36.2 Å². The molecular formula is C20H8B2F4N2O4. The highest BCUT2D eigenvalue weighted by molar-refractivity contribution is 6.36. The van der Waals surface area contributed by atoms with Crippen LogP contribution in [0.1, 0.15) is 31.8 Å². The standard InChI is InChI=1S/C20H8B2F4N2O4/c23-21(24)31-19-13-15(27-11-7-3-1-5-9(11)17(13)29)20(32-22(25)26)14-16(19)28-12-8-4-2-6-10(12)18(14)30/h1-8H. The third-order valence-electron chi connectivity index (χ3n) is 4.99. The lowest BCUT2D eigenvalue weighted by Gasteiger charge is -2.22. The Labute approximate surface area is 177 Å². The van der Waals surface area contributed by atoms with Crippen LogP contribution in [-0.2, 0) is 0 Å². The van der Waals surface area contributed by atoms with Gasteiger partial charge in [0, 0.05) is 11.1 Å². The molecular weight excluding hydrogens is 430 g/mol. The van der Waals surface area contributed by atoms with Crippen molar-refractivity contribution in [2.75, 3.05) is 0 Å². The van der Waals surface area contributed by atoms with Crippen LogP contribution in [0.4, 0.5) is 28.6 Å². The second kappa shape index (κ2) is 7.33. The molecule has 0 aromatic heterocycles. The van der Waals surface area contributed by atoms with Gasteiger partial charge < -0.3 is 9.31 Å². The predicted molar refractivity (Wildman–Crippen MR) is 105 cm³/mol. The number of carbonyl (C=O) groups excluding carboxylic acids is 2. The zero-order valence-electron chi connectivity index (χ0n) is 15.8. The number of carbonyl (C=O) groups is 2. The lowest BCUT2D eigenvalue weighted by Crippen LogP contribution is -2.36. The van der Waals surface area contributed by atoms with Crippen LogP contribution in [0, 0.1) is 0 Å². The highest BCUT2D eigenvalue weighted by Crippen LogP contribution is 2.35. The van der Waals surface area contributed by atoms with E-state index in [0.717, 1.165) is 0 Å². The number of ketones is 2. The molecule has 0 radical (unpaired) electrons. The molecule has 0 N–H and O–H groups in total. The van der Waals surface area contributed by atoms with Gasteiger partial charge in [0.15, 0.2) is 0 Å². The van der Waals surface area contributed by atoms with Gasteiger partial charge in [0.1, 0.15) is 22.2 Å². The first-order valence-corrected chi connectivity index (χ1v) is 9.21. The van der Waals surface area contributed by atoms with Crippen LogP contribution >= 0.6 is 0 Å². The minimum atomic E-state index is -3.39. The van der Waals surface area contributed by atoms with Crippen molar-refractivity contribution in [3.05, 3.63) is 81.5 Å². The van der Waals surface area contributed by atoms with Crippen LogP contribution in [0.25, 0.3) is 0 Å². The van der Waals surface area contributed by atoms with Gasteiger partial charge in [-0.2, -0.15) is 0 Å². The summed E-state index contributed by atoms with van der Waals surface area (Å²) in [6.45, 7) is 0. The number of halogens is 4. The van der Waals surface area contributed by atoms with E-state index in [1.807, 2.05) is 0 Å². The van der Waals surface area contributed by atoms with E-state index in [2.05, 4.69) is 19.3 Å². The predicted octanol–water partition coefficient (Wildman–Crippen LogP) is 3.28. The molecule has 0 bridgehead atoms. The van der Waals surface area contributed by atoms with Gasteiger partial charge in [-0.05, 0) is 24.3 Å². The molecule has 2 heterocycles. The van der Waals surface area contributed by atoms with Crippen LogP contribution in [0.5, 0.6) is 11.5 Å². The van der Waals surface area contributed by atoms with Crippen molar-refractivity contribution in [2.45, 2.75) is 0 Å². The van der Waals surface area contributed by atoms with Crippen LogP contribution in [0.3, 0.4) is 0 Å². The summed E-state index contributed by atoms with van der Waals surface area (Å²) in [7, 11) is -6.78. The van der Waals surface area contributed by atoms with Crippen LogP contribution < -0.4 is 20.0 Å². The molecule has 0 saturated heterocycles. The fourth-order valence-corrected chi connectivity index (χ4v) is 3.76. The molecule has 2 aliphatic rings.